The SMILES string of the molecule is O=C(Nc1cc(-c2ccc(Cl)cc2)nn1CCO)c1cc(C2CC2)[nH]n1. The number of aromatic amines is 1. The van der Waals surface area contributed by atoms with Crippen molar-refractivity contribution in [1.82, 2.24) is 20.0 Å². The van der Waals surface area contributed by atoms with Gasteiger partial charge in [0.25, 0.3) is 5.91 Å². The molecule has 8 heteroatoms. The Labute approximate surface area is 155 Å². The second-order valence-corrected chi connectivity index (χ2v) is 6.74. The summed E-state index contributed by atoms with van der Waals surface area (Å²) in [7, 11) is 0. The number of anilines is 1. The average Bonchev–Trinajstić information content (AvgIpc) is 3.23. The molecule has 4 rings (SSSR count). The van der Waals surface area contributed by atoms with Crippen molar-refractivity contribution < 1.29 is 9.90 Å². The molecule has 2 aromatic heterocycles. The van der Waals surface area contributed by atoms with Crippen molar-refractivity contribution in [3.05, 3.63) is 52.8 Å². The van der Waals surface area contributed by atoms with Gasteiger partial charge >= 0.3 is 0 Å². The zero-order valence-corrected chi connectivity index (χ0v) is 14.7. The number of aromatic nitrogens is 4. The minimum atomic E-state index is -0.310. The van der Waals surface area contributed by atoms with Gasteiger partial charge in [0, 0.05) is 28.3 Å². The maximum absolute atomic E-state index is 12.5. The predicted molar refractivity (Wildman–Crippen MR) is 98.3 cm³/mol. The number of rotatable bonds is 6. The summed E-state index contributed by atoms with van der Waals surface area (Å²) in [5, 5.41) is 24.2. The van der Waals surface area contributed by atoms with E-state index < -0.39 is 0 Å². The van der Waals surface area contributed by atoms with Gasteiger partial charge in [-0.2, -0.15) is 10.2 Å². The van der Waals surface area contributed by atoms with Crippen LogP contribution in [-0.2, 0) is 6.54 Å². The van der Waals surface area contributed by atoms with Gasteiger partial charge in [0.1, 0.15) is 5.82 Å². The molecule has 1 saturated carbocycles. The summed E-state index contributed by atoms with van der Waals surface area (Å²) in [6, 6.07) is 10.8. The van der Waals surface area contributed by atoms with Crippen LogP contribution in [-0.4, -0.2) is 37.6 Å². The van der Waals surface area contributed by atoms with E-state index in [1.54, 1.807) is 28.9 Å². The summed E-state index contributed by atoms with van der Waals surface area (Å²) >= 11 is 5.93. The molecule has 26 heavy (non-hydrogen) atoms. The van der Waals surface area contributed by atoms with Crippen LogP contribution in [0, 0.1) is 0 Å². The molecule has 0 atom stereocenters. The Morgan fingerprint density at radius 3 is 2.77 bits per heavy atom. The van der Waals surface area contributed by atoms with Gasteiger partial charge in [-0.05, 0) is 31.0 Å². The second kappa shape index (κ2) is 6.93. The van der Waals surface area contributed by atoms with Gasteiger partial charge in [-0.25, -0.2) is 4.68 Å². The van der Waals surface area contributed by atoms with Crippen molar-refractivity contribution in [3.8, 4) is 11.3 Å². The molecule has 1 fully saturated rings. The number of hydrogen-bond donors (Lipinski definition) is 3. The number of benzene rings is 1. The summed E-state index contributed by atoms with van der Waals surface area (Å²) < 4.78 is 1.57. The molecular formula is C18H18ClN5O2. The predicted octanol–water partition coefficient (Wildman–Crippen LogP) is 3.05. The molecule has 0 saturated heterocycles. The van der Waals surface area contributed by atoms with Crippen molar-refractivity contribution in [2.24, 2.45) is 0 Å². The van der Waals surface area contributed by atoms with Crippen molar-refractivity contribution in [2.45, 2.75) is 25.3 Å². The van der Waals surface area contributed by atoms with E-state index in [1.165, 1.54) is 0 Å². The van der Waals surface area contributed by atoms with Gasteiger partial charge in [0.2, 0.25) is 0 Å². The number of nitrogens with zero attached hydrogens (tertiary/aromatic N) is 3. The average molecular weight is 372 g/mol. The quantitative estimate of drug-likeness (QED) is 0.620. The lowest BCUT2D eigenvalue weighted by atomic mass is 10.1. The van der Waals surface area contributed by atoms with E-state index in [0.29, 0.717) is 28.1 Å². The van der Waals surface area contributed by atoms with Crippen molar-refractivity contribution in [2.75, 3.05) is 11.9 Å². The van der Waals surface area contributed by atoms with E-state index in [-0.39, 0.29) is 19.1 Å². The van der Waals surface area contributed by atoms with E-state index in [2.05, 4.69) is 20.6 Å². The van der Waals surface area contributed by atoms with Crippen LogP contribution in [0.25, 0.3) is 11.3 Å². The fraction of sp³-hybridized carbons (Fsp3) is 0.278. The summed E-state index contributed by atoms with van der Waals surface area (Å²) in [4.78, 5) is 12.5. The number of aliphatic hydroxyl groups excluding tert-OH is 1. The lowest BCUT2D eigenvalue weighted by Crippen LogP contribution is -2.17. The highest BCUT2D eigenvalue weighted by molar-refractivity contribution is 6.30. The number of carbonyl (C=O) groups is 1. The van der Waals surface area contributed by atoms with E-state index in [4.69, 9.17) is 11.6 Å². The van der Waals surface area contributed by atoms with E-state index in [0.717, 1.165) is 24.1 Å². The zero-order valence-electron chi connectivity index (χ0n) is 13.9. The highest BCUT2D eigenvalue weighted by Crippen LogP contribution is 2.39. The first-order chi connectivity index (χ1) is 12.6. The fourth-order valence-corrected chi connectivity index (χ4v) is 2.91. The van der Waals surface area contributed by atoms with Crippen molar-refractivity contribution >= 4 is 23.3 Å². The largest absolute Gasteiger partial charge is 0.394 e. The molecule has 2 heterocycles. The van der Waals surface area contributed by atoms with Gasteiger partial charge in [0.05, 0.1) is 18.8 Å². The minimum absolute atomic E-state index is 0.0845. The van der Waals surface area contributed by atoms with Gasteiger partial charge in [0.15, 0.2) is 5.69 Å². The molecule has 1 aliphatic carbocycles. The standard InChI is InChI=1S/C18H18ClN5O2/c19-13-5-3-12(4-6-13)15-10-17(24(23-15)7-8-25)20-18(26)16-9-14(21-22-16)11-1-2-11/h3-6,9-11,25H,1-2,7-8H2,(H,20,26)(H,21,22). The Balaban J connectivity index is 1.57. The number of amides is 1. The van der Waals surface area contributed by atoms with E-state index in [9.17, 15) is 9.90 Å². The maximum atomic E-state index is 12.5. The van der Waals surface area contributed by atoms with Crippen LogP contribution in [0.1, 0.15) is 34.9 Å². The normalized spacial score (nSPS) is 13.8. The van der Waals surface area contributed by atoms with Crippen LogP contribution in [0.2, 0.25) is 5.02 Å². The van der Waals surface area contributed by atoms with Crippen LogP contribution in [0.4, 0.5) is 5.82 Å². The molecule has 0 radical (unpaired) electrons. The molecule has 1 amide bonds. The third-order valence-corrected chi connectivity index (χ3v) is 4.57. The van der Waals surface area contributed by atoms with Gasteiger partial charge in [-0.15, -0.1) is 0 Å². The van der Waals surface area contributed by atoms with Crippen molar-refractivity contribution in [3.63, 3.8) is 0 Å². The lowest BCUT2D eigenvalue weighted by molar-refractivity contribution is 0.102. The Morgan fingerprint density at radius 2 is 2.08 bits per heavy atom. The number of nitrogens with one attached hydrogen (secondary N) is 2. The number of aliphatic hydroxyl groups is 1. The Hall–Kier alpha value is -2.64. The Kier molecular flexibility index (Phi) is 4.48. The maximum Gasteiger partial charge on any atom is 0.277 e. The van der Waals surface area contributed by atoms with Crippen molar-refractivity contribution in [1.29, 1.82) is 0 Å². The zero-order chi connectivity index (χ0) is 18.1. The van der Waals surface area contributed by atoms with Gasteiger partial charge in [-0.1, -0.05) is 23.7 Å². The third kappa shape index (κ3) is 3.49. The molecular weight excluding hydrogens is 354 g/mol. The molecule has 7 nitrogen and oxygen atoms in total. The van der Waals surface area contributed by atoms with E-state index >= 15 is 0 Å². The topological polar surface area (TPSA) is 95.8 Å². The summed E-state index contributed by atoms with van der Waals surface area (Å²) in [5.74, 6) is 0.695. The van der Waals surface area contributed by atoms with Crippen LogP contribution in [0.5, 0.6) is 0 Å². The summed E-state index contributed by atoms with van der Waals surface area (Å²) in [6.45, 7) is 0.190. The molecule has 0 unspecified atom stereocenters. The molecule has 3 aromatic rings. The van der Waals surface area contributed by atoms with Crippen LogP contribution in [0.3, 0.4) is 0 Å². The van der Waals surface area contributed by atoms with Gasteiger partial charge in [-0.3, -0.25) is 9.89 Å². The summed E-state index contributed by atoms with van der Waals surface area (Å²) in [5.41, 5.74) is 2.90. The molecule has 0 bridgehead atoms. The number of carbonyl (C=O) groups excluding carboxylic acids is 1. The fourth-order valence-electron chi connectivity index (χ4n) is 2.78. The first kappa shape index (κ1) is 16.8. The first-order valence-electron chi connectivity index (χ1n) is 8.45. The molecule has 3 N–H and O–H groups in total. The molecule has 1 aromatic carbocycles. The first-order valence-corrected chi connectivity index (χ1v) is 8.83. The molecule has 0 aliphatic heterocycles. The highest BCUT2D eigenvalue weighted by Gasteiger charge is 2.26. The van der Waals surface area contributed by atoms with Crippen LogP contribution in [0.15, 0.2) is 36.4 Å². The molecule has 1 aliphatic rings. The van der Waals surface area contributed by atoms with Crippen LogP contribution >= 0.6 is 11.6 Å². The number of hydrogen-bond acceptors (Lipinski definition) is 4. The monoisotopic (exact) mass is 371 g/mol. The lowest BCUT2D eigenvalue weighted by Gasteiger charge is -2.05. The minimum Gasteiger partial charge on any atom is -0.394 e. The third-order valence-electron chi connectivity index (χ3n) is 4.32. The smallest absolute Gasteiger partial charge is 0.277 e. The Morgan fingerprint density at radius 1 is 1.31 bits per heavy atom. The van der Waals surface area contributed by atoms with E-state index in [1.807, 2.05) is 12.1 Å². The second-order valence-electron chi connectivity index (χ2n) is 6.31. The molecule has 0 spiro atoms. The summed E-state index contributed by atoms with van der Waals surface area (Å²) in [6.07, 6.45) is 2.27. The number of H-pyrrole nitrogens is 1. The molecule has 134 valence electrons. The highest BCUT2D eigenvalue weighted by atomic mass is 35.5. The van der Waals surface area contributed by atoms with Crippen LogP contribution < -0.4 is 5.32 Å². The van der Waals surface area contributed by atoms with Gasteiger partial charge < -0.3 is 10.4 Å². The Bertz CT molecular complexity index is 927. The number of halogens is 1.